The summed E-state index contributed by atoms with van der Waals surface area (Å²) in [5, 5.41) is 18.9. The van der Waals surface area contributed by atoms with E-state index in [-0.39, 0.29) is 46.8 Å². The summed E-state index contributed by atoms with van der Waals surface area (Å²) in [6.45, 7) is 3.57. The van der Waals surface area contributed by atoms with Gasteiger partial charge in [0.15, 0.2) is 5.69 Å². The van der Waals surface area contributed by atoms with Crippen LogP contribution in [0.3, 0.4) is 0 Å². The molecule has 2 amide bonds. The van der Waals surface area contributed by atoms with Gasteiger partial charge in [-0.3, -0.25) is 9.59 Å². The van der Waals surface area contributed by atoms with Gasteiger partial charge in [-0.2, -0.15) is 14.8 Å². The van der Waals surface area contributed by atoms with Crippen LogP contribution in [0, 0.1) is 17.3 Å². The van der Waals surface area contributed by atoms with Crippen molar-refractivity contribution in [3.8, 4) is 6.07 Å². The summed E-state index contributed by atoms with van der Waals surface area (Å²) in [6, 6.07) is 9.63. The second-order valence-corrected chi connectivity index (χ2v) is 7.56. The Hall–Kier alpha value is -3.97. The van der Waals surface area contributed by atoms with Crippen molar-refractivity contribution in [3.63, 3.8) is 0 Å². The molecule has 11 heteroatoms. The standard InChI is InChI=1S/C21H19ClFN7O2/c1-11(2)30-20(25)15(9-24)18(29-30)21(32)28-16-8-14(10-26-19(16)23)27-17(31)7-12-3-5-13(22)6-4-12/h3-6,8,10-11H,7,25H2,1-2H3,(H,27,31)(H,28,32). The quantitative estimate of drug-likeness (QED) is 0.486. The average Bonchev–Trinajstić information content (AvgIpc) is 3.08. The maximum Gasteiger partial charge on any atom is 0.277 e. The molecule has 0 saturated heterocycles. The number of nitrogens with two attached hydrogens (primary N) is 1. The molecule has 0 fully saturated rings. The summed E-state index contributed by atoms with van der Waals surface area (Å²) in [4.78, 5) is 28.5. The lowest BCUT2D eigenvalue weighted by atomic mass is 10.1. The number of nitrogen functional groups attached to an aromatic ring is 1. The van der Waals surface area contributed by atoms with E-state index in [1.165, 1.54) is 10.7 Å². The van der Waals surface area contributed by atoms with Crippen LogP contribution in [0.2, 0.25) is 5.02 Å². The average molecular weight is 456 g/mol. The van der Waals surface area contributed by atoms with Crippen LogP contribution in [-0.4, -0.2) is 26.6 Å². The van der Waals surface area contributed by atoms with Gasteiger partial charge < -0.3 is 16.4 Å². The number of amides is 2. The number of carbonyl (C=O) groups excluding carboxylic acids is 2. The minimum absolute atomic E-state index is 0.0365. The fourth-order valence-corrected chi connectivity index (χ4v) is 3.01. The van der Waals surface area contributed by atoms with E-state index in [9.17, 15) is 19.2 Å². The Morgan fingerprint density at radius 3 is 2.59 bits per heavy atom. The first-order chi connectivity index (χ1) is 15.2. The summed E-state index contributed by atoms with van der Waals surface area (Å²) < 4.78 is 15.5. The van der Waals surface area contributed by atoms with Crippen molar-refractivity contribution in [2.24, 2.45) is 0 Å². The van der Waals surface area contributed by atoms with Crippen LogP contribution in [0.4, 0.5) is 21.6 Å². The van der Waals surface area contributed by atoms with Gasteiger partial charge in [0, 0.05) is 11.1 Å². The van der Waals surface area contributed by atoms with E-state index >= 15 is 0 Å². The van der Waals surface area contributed by atoms with Crippen LogP contribution in [0.15, 0.2) is 36.5 Å². The summed E-state index contributed by atoms with van der Waals surface area (Å²) in [7, 11) is 0. The van der Waals surface area contributed by atoms with E-state index in [4.69, 9.17) is 17.3 Å². The molecule has 4 N–H and O–H groups in total. The molecule has 164 valence electrons. The molecule has 3 rings (SSSR count). The third-order valence-electron chi connectivity index (χ3n) is 4.41. The molecule has 0 radical (unpaired) electrons. The van der Waals surface area contributed by atoms with Crippen LogP contribution < -0.4 is 16.4 Å². The van der Waals surface area contributed by atoms with Gasteiger partial charge in [0.1, 0.15) is 17.5 Å². The molecule has 9 nitrogen and oxygen atoms in total. The number of carbonyl (C=O) groups is 2. The summed E-state index contributed by atoms with van der Waals surface area (Å²) >= 11 is 5.83. The summed E-state index contributed by atoms with van der Waals surface area (Å²) in [5.41, 5.74) is 6.15. The molecular weight excluding hydrogens is 437 g/mol. The minimum atomic E-state index is -0.969. The van der Waals surface area contributed by atoms with Crippen LogP contribution in [0.1, 0.15) is 41.5 Å². The van der Waals surface area contributed by atoms with Crippen LogP contribution in [0.5, 0.6) is 0 Å². The molecule has 0 unspecified atom stereocenters. The lowest BCUT2D eigenvalue weighted by Crippen LogP contribution is -2.18. The Balaban J connectivity index is 1.77. The number of halogens is 2. The molecule has 0 bridgehead atoms. The molecular formula is C21H19ClFN7O2. The molecule has 0 atom stereocenters. The lowest BCUT2D eigenvalue weighted by molar-refractivity contribution is -0.115. The molecule has 3 aromatic rings. The molecule has 2 heterocycles. The monoisotopic (exact) mass is 455 g/mol. The Labute approximate surface area is 188 Å². The zero-order valence-electron chi connectivity index (χ0n) is 17.2. The van der Waals surface area contributed by atoms with Gasteiger partial charge in [0.05, 0.1) is 24.0 Å². The maximum atomic E-state index is 14.2. The zero-order chi connectivity index (χ0) is 23.4. The van der Waals surface area contributed by atoms with Crippen LogP contribution >= 0.6 is 11.6 Å². The summed E-state index contributed by atoms with van der Waals surface area (Å²) in [5.74, 6) is -2.13. The Morgan fingerprint density at radius 1 is 1.28 bits per heavy atom. The van der Waals surface area contributed by atoms with Crippen molar-refractivity contribution in [2.45, 2.75) is 26.3 Å². The zero-order valence-corrected chi connectivity index (χ0v) is 17.9. The van der Waals surface area contributed by atoms with E-state index < -0.39 is 11.9 Å². The number of nitriles is 1. The number of pyridine rings is 1. The van der Waals surface area contributed by atoms with Gasteiger partial charge in [0.2, 0.25) is 11.9 Å². The highest BCUT2D eigenvalue weighted by Crippen LogP contribution is 2.23. The molecule has 0 aliphatic rings. The topological polar surface area (TPSA) is 139 Å². The number of aromatic nitrogens is 3. The largest absolute Gasteiger partial charge is 0.383 e. The SMILES string of the molecule is CC(C)n1nc(C(=O)Nc2cc(NC(=O)Cc3ccc(Cl)cc3)cnc2F)c(C#N)c1N. The predicted octanol–water partition coefficient (Wildman–Crippen LogP) is 3.54. The fraction of sp³-hybridized carbons (Fsp3) is 0.190. The number of rotatable bonds is 6. The third kappa shape index (κ3) is 5.01. The van der Waals surface area contributed by atoms with Gasteiger partial charge >= 0.3 is 0 Å². The normalized spacial score (nSPS) is 10.6. The first-order valence-corrected chi connectivity index (χ1v) is 9.86. The predicted molar refractivity (Wildman–Crippen MR) is 118 cm³/mol. The van der Waals surface area contributed by atoms with E-state index in [0.29, 0.717) is 5.02 Å². The van der Waals surface area contributed by atoms with E-state index in [2.05, 4.69) is 20.7 Å². The van der Waals surface area contributed by atoms with Gasteiger partial charge in [0.25, 0.3) is 5.91 Å². The number of hydrogen-bond acceptors (Lipinski definition) is 6. The van der Waals surface area contributed by atoms with Gasteiger partial charge in [-0.1, -0.05) is 23.7 Å². The molecule has 0 saturated carbocycles. The van der Waals surface area contributed by atoms with Crippen molar-refractivity contribution in [3.05, 3.63) is 64.3 Å². The van der Waals surface area contributed by atoms with Crippen LogP contribution in [-0.2, 0) is 11.2 Å². The van der Waals surface area contributed by atoms with Gasteiger partial charge in [-0.15, -0.1) is 0 Å². The van der Waals surface area contributed by atoms with Crippen molar-refractivity contribution >= 4 is 40.6 Å². The highest BCUT2D eigenvalue weighted by molar-refractivity contribution is 6.30. The maximum absolute atomic E-state index is 14.2. The Morgan fingerprint density at radius 2 is 1.97 bits per heavy atom. The second kappa shape index (κ2) is 9.45. The summed E-state index contributed by atoms with van der Waals surface area (Å²) in [6.07, 6.45) is 1.19. The van der Waals surface area contributed by atoms with Crippen molar-refractivity contribution in [1.29, 1.82) is 5.26 Å². The van der Waals surface area contributed by atoms with E-state index in [0.717, 1.165) is 11.8 Å². The third-order valence-corrected chi connectivity index (χ3v) is 4.66. The smallest absolute Gasteiger partial charge is 0.277 e. The minimum Gasteiger partial charge on any atom is -0.383 e. The highest BCUT2D eigenvalue weighted by atomic mass is 35.5. The molecule has 0 spiro atoms. The fourth-order valence-electron chi connectivity index (χ4n) is 2.89. The number of hydrogen-bond donors (Lipinski definition) is 3. The molecule has 32 heavy (non-hydrogen) atoms. The Bertz CT molecular complexity index is 1220. The second-order valence-electron chi connectivity index (χ2n) is 7.13. The Kier molecular flexibility index (Phi) is 6.70. The van der Waals surface area contributed by atoms with Gasteiger partial charge in [-0.25, -0.2) is 9.67 Å². The van der Waals surface area contributed by atoms with Crippen molar-refractivity contribution in [1.82, 2.24) is 14.8 Å². The number of nitrogens with zero attached hydrogens (tertiary/aromatic N) is 4. The van der Waals surface area contributed by atoms with E-state index in [1.54, 1.807) is 38.1 Å². The first-order valence-electron chi connectivity index (χ1n) is 9.48. The van der Waals surface area contributed by atoms with Gasteiger partial charge in [-0.05, 0) is 37.6 Å². The molecule has 2 aromatic heterocycles. The molecule has 0 aliphatic heterocycles. The van der Waals surface area contributed by atoms with Crippen LogP contribution in [0.25, 0.3) is 0 Å². The van der Waals surface area contributed by atoms with E-state index in [1.807, 2.05) is 6.07 Å². The number of nitrogens with one attached hydrogen (secondary N) is 2. The number of benzene rings is 1. The molecule has 0 aliphatic carbocycles. The van der Waals surface area contributed by atoms with Crippen molar-refractivity contribution < 1.29 is 14.0 Å². The van der Waals surface area contributed by atoms with Crippen molar-refractivity contribution in [2.75, 3.05) is 16.4 Å². The molecule has 1 aromatic carbocycles. The lowest BCUT2D eigenvalue weighted by Gasteiger charge is -2.09. The first kappa shape index (κ1) is 22.7. The highest BCUT2D eigenvalue weighted by Gasteiger charge is 2.24. The number of anilines is 3.